The Morgan fingerprint density at radius 2 is 1.88 bits per heavy atom. The lowest BCUT2D eigenvalue weighted by Gasteiger charge is -2.24. The fourth-order valence-electron chi connectivity index (χ4n) is 1.20. The van der Waals surface area contributed by atoms with Gasteiger partial charge in [-0.05, 0) is 27.7 Å². The molecule has 0 aliphatic heterocycles. The van der Waals surface area contributed by atoms with E-state index in [4.69, 9.17) is 14.6 Å². The Kier molecular flexibility index (Phi) is 5.95. The van der Waals surface area contributed by atoms with Gasteiger partial charge in [0, 0.05) is 13.2 Å². The van der Waals surface area contributed by atoms with Crippen molar-refractivity contribution in [1.29, 1.82) is 0 Å². The fourth-order valence-corrected chi connectivity index (χ4v) is 1.20. The number of carbonyl (C=O) groups excluding carboxylic acids is 1. The molecule has 6 nitrogen and oxygen atoms in total. The van der Waals surface area contributed by atoms with Crippen molar-refractivity contribution in [3.63, 3.8) is 0 Å². The predicted molar refractivity (Wildman–Crippen MR) is 61.8 cm³/mol. The number of amides is 1. The molecule has 1 unspecified atom stereocenters. The zero-order valence-corrected chi connectivity index (χ0v) is 10.9. The largest absolute Gasteiger partial charge is 0.481 e. The van der Waals surface area contributed by atoms with Gasteiger partial charge >= 0.3 is 12.1 Å². The molecular weight excluding hydrogens is 226 g/mol. The number of carboxylic acids is 1. The normalized spacial score (nSPS) is 14.9. The second-order valence-electron chi connectivity index (χ2n) is 4.83. The van der Waals surface area contributed by atoms with Crippen LogP contribution < -0.4 is 5.32 Å². The number of aliphatic carboxylic acids is 1. The number of methoxy groups -OCH3 is 1. The first-order valence-electron chi connectivity index (χ1n) is 5.38. The maximum Gasteiger partial charge on any atom is 0.407 e. The number of ether oxygens (including phenoxy) is 2. The lowest BCUT2D eigenvalue weighted by atomic mass is 10.0. The minimum atomic E-state index is -1.02. The van der Waals surface area contributed by atoms with Gasteiger partial charge in [-0.2, -0.15) is 0 Å². The Hall–Kier alpha value is -1.30. The van der Waals surface area contributed by atoms with Crippen LogP contribution in [0.3, 0.4) is 0 Å². The van der Waals surface area contributed by atoms with Crippen molar-refractivity contribution in [2.75, 3.05) is 13.7 Å². The van der Waals surface area contributed by atoms with E-state index in [9.17, 15) is 9.59 Å². The summed E-state index contributed by atoms with van der Waals surface area (Å²) in [6.07, 6.45) is -0.632. The molecule has 2 atom stereocenters. The molecule has 0 saturated carbocycles. The van der Waals surface area contributed by atoms with E-state index in [2.05, 4.69) is 5.32 Å². The molecule has 100 valence electrons. The van der Waals surface area contributed by atoms with Crippen molar-refractivity contribution in [3.05, 3.63) is 0 Å². The van der Waals surface area contributed by atoms with Gasteiger partial charge in [0.15, 0.2) is 0 Å². The van der Waals surface area contributed by atoms with E-state index in [0.29, 0.717) is 0 Å². The monoisotopic (exact) mass is 247 g/mol. The number of hydrogen-bond donors (Lipinski definition) is 2. The highest BCUT2D eigenvalue weighted by Gasteiger charge is 2.27. The molecule has 0 aromatic heterocycles. The summed E-state index contributed by atoms with van der Waals surface area (Å²) in [4.78, 5) is 22.4. The Morgan fingerprint density at radius 1 is 1.35 bits per heavy atom. The molecule has 0 spiro atoms. The van der Waals surface area contributed by atoms with E-state index in [0.717, 1.165) is 0 Å². The van der Waals surface area contributed by atoms with Crippen LogP contribution in [0.4, 0.5) is 4.79 Å². The molecule has 0 radical (unpaired) electrons. The van der Waals surface area contributed by atoms with Gasteiger partial charge in [-0.25, -0.2) is 4.79 Å². The van der Waals surface area contributed by atoms with Crippen LogP contribution >= 0.6 is 0 Å². The summed E-state index contributed by atoms with van der Waals surface area (Å²) in [5, 5.41) is 11.4. The third-order valence-electron chi connectivity index (χ3n) is 2.01. The number of alkyl carbamates (subject to hydrolysis) is 1. The first-order valence-corrected chi connectivity index (χ1v) is 5.38. The fraction of sp³-hybridized carbons (Fsp3) is 0.818. The summed E-state index contributed by atoms with van der Waals surface area (Å²) in [5.41, 5.74) is -0.607. The van der Waals surface area contributed by atoms with E-state index >= 15 is 0 Å². The van der Waals surface area contributed by atoms with E-state index in [1.807, 2.05) is 0 Å². The SMILES string of the molecule is COC[C@H](C(=O)O)C(C)NC(=O)OC(C)(C)C. The van der Waals surface area contributed by atoms with Gasteiger partial charge in [-0.15, -0.1) is 0 Å². The highest BCUT2D eigenvalue weighted by atomic mass is 16.6. The summed E-state index contributed by atoms with van der Waals surface area (Å²) in [5.74, 6) is -1.82. The standard InChI is InChI=1S/C11H21NO5/c1-7(8(6-16-5)9(13)14)12-10(15)17-11(2,3)4/h7-8H,6H2,1-5H3,(H,12,15)(H,13,14)/t7?,8-/m0/s1. The van der Waals surface area contributed by atoms with Gasteiger partial charge in [0.2, 0.25) is 0 Å². The molecule has 0 saturated heterocycles. The van der Waals surface area contributed by atoms with Crippen molar-refractivity contribution in [1.82, 2.24) is 5.32 Å². The first kappa shape index (κ1) is 15.7. The third kappa shape index (κ3) is 6.78. The molecule has 0 aliphatic rings. The number of hydrogen-bond acceptors (Lipinski definition) is 4. The molecule has 6 heteroatoms. The van der Waals surface area contributed by atoms with Gasteiger partial charge in [0.25, 0.3) is 0 Å². The summed E-state index contributed by atoms with van der Waals surface area (Å²) in [6, 6.07) is -0.567. The van der Waals surface area contributed by atoms with Crippen LogP contribution in [0.1, 0.15) is 27.7 Å². The van der Waals surface area contributed by atoms with E-state index in [-0.39, 0.29) is 6.61 Å². The van der Waals surface area contributed by atoms with Crippen LogP contribution in [0.15, 0.2) is 0 Å². The minimum Gasteiger partial charge on any atom is -0.481 e. The minimum absolute atomic E-state index is 0.0340. The van der Waals surface area contributed by atoms with E-state index in [1.54, 1.807) is 27.7 Å². The van der Waals surface area contributed by atoms with Crippen LogP contribution in [0, 0.1) is 5.92 Å². The molecule has 0 aromatic rings. The number of carbonyl (C=O) groups is 2. The average Bonchev–Trinajstić information content (AvgIpc) is 2.09. The van der Waals surface area contributed by atoms with Crippen LogP contribution in [-0.2, 0) is 14.3 Å². The maximum absolute atomic E-state index is 11.4. The van der Waals surface area contributed by atoms with Crippen molar-refractivity contribution in [3.8, 4) is 0 Å². The quantitative estimate of drug-likeness (QED) is 0.763. The Labute approximate surface area is 101 Å². The summed E-state index contributed by atoms with van der Waals surface area (Å²) >= 11 is 0. The zero-order valence-electron chi connectivity index (χ0n) is 10.9. The molecule has 0 rings (SSSR count). The van der Waals surface area contributed by atoms with Gasteiger partial charge in [-0.1, -0.05) is 0 Å². The average molecular weight is 247 g/mol. The molecule has 0 fully saturated rings. The maximum atomic E-state index is 11.4. The van der Waals surface area contributed by atoms with Crippen LogP contribution in [0.5, 0.6) is 0 Å². The van der Waals surface area contributed by atoms with Crippen LogP contribution in [0.2, 0.25) is 0 Å². The summed E-state index contributed by atoms with van der Waals surface area (Å²) in [6.45, 7) is 6.84. The Morgan fingerprint density at radius 3 is 2.24 bits per heavy atom. The molecule has 2 N–H and O–H groups in total. The highest BCUT2D eigenvalue weighted by molar-refractivity contribution is 5.73. The van der Waals surface area contributed by atoms with Crippen molar-refractivity contribution < 1.29 is 24.2 Å². The Balaban J connectivity index is 4.35. The van der Waals surface area contributed by atoms with Crippen molar-refractivity contribution in [2.24, 2.45) is 5.92 Å². The second kappa shape index (κ2) is 6.44. The van der Waals surface area contributed by atoms with Gasteiger partial charge in [0.05, 0.1) is 12.5 Å². The first-order chi connectivity index (χ1) is 7.67. The lowest BCUT2D eigenvalue weighted by Crippen LogP contribution is -2.45. The molecule has 0 aromatic carbocycles. The van der Waals surface area contributed by atoms with Gasteiger partial charge in [-0.3, -0.25) is 4.79 Å². The van der Waals surface area contributed by atoms with Crippen molar-refractivity contribution >= 4 is 12.1 Å². The Bertz CT molecular complexity index is 272. The third-order valence-corrected chi connectivity index (χ3v) is 2.01. The molecule has 0 heterocycles. The smallest absolute Gasteiger partial charge is 0.407 e. The topological polar surface area (TPSA) is 84.9 Å². The zero-order chi connectivity index (χ0) is 13.6. The predicted octanol–water partition coefficient (Wildman–Crippen LogP) is 1.25. The van der Waals surface area contributed by atoms with Crippen molar-refractivity contribution in [2.45, 2.75) is 39.3 Å². The van der Waals surface area contributed by atoms with Gasteiger partial charge < -0.3 is 19.9 Å². The molecule has 17 heavy (non-hydrogen) atoms. The van der Waals surface area contributed by atoms with Gasteiger partial charge in [0.1, 0.15) is 5.60 Å². The highest BCUT2D eigenvalue weighted by Crippen LogP contribution is 2.09. The summed E-state index contributed by atoms with van der Waals surface area (Å²) in [7, 11) is 1.41. The number of nitrogens with one attached hydrogen (secondary N) is 1. The molecule has 0 aliphatic carbocycles. The number of carboxylic acid groups (broad SMARTS) is 1. The molecular formula is C11H21NO5. The molecule has 0 bridgehead atoms. The van der Waals surface area contributed by atoms with E-state index in [1.165, 1.54) is 7.11 Å². The second-order valence-corrected chi connectivity index (χ2v) is 4.83. The van der Waals surface area contributed by atoms with Crippen LogP contribution in [-0.4, -0.2) is 42.5 Å². The van der Waals surface area contributed by atoms with Crippen LogP contribution in [0.25, 0.3) is 0 Å². The number of rotatable bonds is 5. The van der Waals surface area contributed by atoms with E-state index < -0.39 is 29.6 Å². The molecule has 1 amide bonds. The lowest BCUT2D eigenvalue weighted by molar-refractivity contribution is -0.144. The summed E-state index contributed by atoms with van der Waals surface area (Å²) < 4.78 is 9.83.